The molecule has 0 aliphatic heterocycles. The van der Waals surface area contributed by atoms with E-state index in [0.717, 1.165) is 50.4 Å². The summed E-state index contributed by atoms with van der Waals surface area (Å²) >= 11 is 0. The van der Waals surface area contributed by atoms with Crippen LogP contribution < -0.4 is 5.73 Å². The molecule has 18 heavy (non-hydrogen) atoms. The molecule has 1 unspecified atom stereocenters. The van der Waals surface area contributed by atoms with Gasteiger partial charge in [-0.05, 0) is 44.6 Å². The Morgan fingerprint density at radius 3 is 2.78 bits per heavy atom. The highest BCUT2D eigenvalue weighted by Gasteiger charge is 2.43. The normalized spacial score (nSPS) is 19.5. The first-order valence-corrected chi connectivity index (χ1v) is 6.78. The highest BCUT2D eigenvalue weighted by atomic mass is 16.5. The average molecular weight is 253 g/mol. The van der Waals surface area contributed by atoms with Crippen LogP contribution in [0.1, 0.15) is 50.7 Å². The van der Waals surface area contributed by atoms with Crippen molar-refractivity contribution >= 4 is 0 Å². The zero-order valence-electron chi connectivity index (χ0n) is 11.3. The van der Waals surface area contributed by atoms with E-state index in [1.807, 2.05) is 0 Å². The second-order valence-corrected chi connectivity index (χ2v) is 5.28. The second kappa shape index (κ2) is 5.80. The molecule has 1 aromatic rings. The van der Waals surface area contributed by atoms with Gasteiger partial charge in [0.2, 0.25) is 11.7 Å². The molecule has 0 radical (unpaired) electrons. The van der Waals surface area contributed by atoms with E-state index in [4.69, 9.17) is 15.0 Å². The van der Waals surface area contributed by atoms with Crippen molar-refractivity contribution in [3.63, 3.8) is 0 Å². The van der Waals surface area contributed by atoms with Crippen LogP contribution in [0.4, 0.5) is 0 Å². The van der Waals surface area contributed by atoms with Gasteiger partial charge < -0.3 is 15.0 Å². The Balaban J connectivity index is 1.90. The van der Waals surface area contributed by atoms with Crippen LogP contribution in [0.25, 0.3) is 0 Å². The fraction of sp³-hybridized carbons (Fsp3) is 0.846. The number of nitrogens with two attached hydrogens (primary N) is 1. The number of methoxy groups -OCH3 is 1. The lowest BCUT2D eigenvalue weighted by Crippen LogP contribution is -2.37. The van der Waals surface area contributed by atoms with E-state index in [9.17, 15) is 0 Å². The largest absolute Gasteiger partial charge is 0.370 e. The Morgan fingerprint density at radius 1 is 1.44 bits per heavy atom. The van der Waals surface area contributed by atoms with E-state index in [0.29, 0.717) is 5.92 Å². The number of ether oxygens (including phenoxy) is 1. The minimum atomic E-state index is -0.273. The molecule has 1 atom stereocenters. The fourth-order valence-electron chi connectivity index (χ4n) is 2.36. The molecule has 0 spiro atoms. The van der Waals surface area contributed by atoms with Crippen molar-refractivity contribution in [3.8, 4) is 0 Å². The summed E-state index contributed by atoms with van der Waals surface area (Å²) in [5.41, 5.74) is 5.26. The molecular formula is C13H23N3O2. The van der Waals surface area contributed by atoms with Crippen LogP contribution in [-0.2, 0) is 16.8 Å². The average Bonchev–Trinajstić information content (AvgIpc) is 2.75. The Bertz CT molecular complexity index is 369. The molecule has 0 saturated heterocycles. The minimum absolute atomic E-state index is 0.273. The monoisotopic (exact) mass is 253 g/mol. The molecule has 1 fully saturated rings. The van der Waals surface area contributed by atoms with Crippen LogP contribution in [-0.4, -0.2) is 23.8 Å². The van der Waals surface area contributed by atoms with E-state index in [1.54, 1.807) is 7.11 Å². The molecule has 1 heterocycles. The summed E-state index contributed by atoms with van der Waals surface area (Å²) < 4.78 is 10.8. The van der Waals surface area contributed by atoms with E-state index >= 15 is 0 Å². The number of hydrogen-bond donors (Lipinski definition) is 1. The lowest BCUT2D eigenvalue weighted by molar-refractivity contribution is -0.0858. The summed E-state index contributed by atoms with van der Waals surface area (Å²) in [6.07, 6.45) is 6.07. The molecule has 1 aromatic heterocycles. The van der Waals surface area contributed by atoms with Crippen molar-refractivity contribution in [3.05, 3.63) is 11.7 Å². The van der Waals surface area contributed by atoms with Gasteiger partial charge in [0.25, 0.3) is 0 Å². The smallest absolute Gasteiger partial charge is 0.226 e. The van der Waals surface area contributed by atoms with Crippen molar-refractivity contribution in [2.45, 2.75) is 51.0 Å². The van der Waals surface area contributed by atoms with Gasteiger partial charge in [-0.1, -0.05) is 12.1 Å². The van der Waals surface area contributed by atoms with Gasteiger partial charge in [-0.2, -0.15) is 4.98 Å². The van der Waals surface area contributed by atoms with E-state index in [-0.39, 0.29) is 5.60 Å². The first kappa shape index (κ1) is 13.5. The zero-order valence-corrected chi connectivity index (χ0v) is 11.3. The van der Waals surface area contributed by atoms with E-state index in [2.05, 4.69) is 17.1 Å². The van der Waals surface area contributed by atoms with Gasteiger partial charge in [-0.15, -0.1) is 0 Å². The van der Waals surface area contributed by atoms with Crippen molar-refractivity contribution in [1.82, 2.24) is 10.1 Å². The SMILES string of the molecule is COC1(c2noc(CCC(C)CCN)n2)CCC1. The number of aromatic nitrogens is 2. The van der Waals surface area contributed by atoms with Crippen molar-refractivity contribution in [2.75, 3.05) is 13.7 Å². The van der Waals surface area contributed by atoms with Gasteiger partial charge in [0.15, 0.2) is 0 Å². The molecule has 5 nitrogen and oxygen atoms in total. The minimum Gasteiger partial charge on any atom is -0.370 e. The van der Waals surface area contributed by atoms with Gasteiger partial charge in [0.05, 0.1) is 0 Å². The predicted octanol–water partition coefficient (Wildman–Crippen LogP) is 2.01. The third-order valence-electron chi connectivity index (χ3n) is 3.94. The molecule has 2 N–H and O–H groups in total. The lowest BCUT2D eigenvalue weighted by atomic mass is 9.79. The van der Waals surface area contributed by atoms with Gasteiger partial charge >= 0.3 is 0 Å². The zero-order chi connectivity index (χ0) is 13.0. The van der Waals surface area contributed by atoms with Crippen molar-refractivity contribution in [2.24, 2.45) is 11.7 Å². The Labute approximate surface area is 108 Å². The number of aryl methyl sites for hydroxylation is 1. The summed E-state index contributed by atoms with van der Waals surface area (Å²) in [5, 5.41) is 4.07. The third-order valence-corrected chi connectivity index (χ3v) is 3.94. The number of rotatable bonds is 7. The van der Waals surface area contributed by atoms with Crippen LogP contribution in [0.15, 0.2) is 4.52 Å². The molecule has 5 heteroatoms. The Morgan fingerprint density at radius 2 is 2.22 bits per heavy atom. The maximum atomic E-state index is 5.54. The molecule has 1 aliphatic carbocycles. The summed E-state index contributed by atoms with van der Waals surface area (Å²) in [5.74, 6) is 2.04. The summed E-state index contributed by atoms with van der Waals surface area (Å²) in [6.45, 7) is 2.94. The predicted molar refractivity (Wildman–Crippen MR) is 68.0 cm³/mol. The quantitative estimate of drug-likeness (QED) is 0.804. The van der Waals surface area contributed by atoms with Gasteiger partial charge in [-0.3, -0.25) is 0 Å². The van der Waals surface area contributed by atoms with Crippen LogP contribution in [0.5, 0.6) is 0 Å². The molecule has 0 amide bonds. The topological polar surface area (TPSA) is 74.2 Å². The molecule has 0 aromatic carbocycles. The van der Waals surface area contributed by atoms with Crippen molar-refractivity contribution in [1.29, 1.82) is 0 Å². The first-order valence-electron chi connectivity index (χ1n) is 6.78. The lowest BCUT2D eigenvalue weighted by Gasteiger charge is -2.37. The Kier molecular flexibility index (Phi) is 4.35. The summed E-state index contributed by atoms with van der Waals surface area (Å²) in [4.78, 5) is 4.47. The molecule has 2 rings (SSSR count). The van der Waals surface area contributed by atoms with Crippen molar-refractivity contribution < 1.29 is 9.26 Å². The molecule has 102 valence electrons. The van der Waals surface area contributed by atoms with Crippen LogP contribution in [0.3, 0.4) is 0 Å². The van der Waals surface area contributed by atoms with Crippen LogP contribution in [0.2, 0.25) is 0 Å². The summed E-state index contributed by atoms with van der Waals surface area (Å²) in [7, 11) is 1.72. The highest BCUT2D eigenvalue weighted by Crippen LogP contribution is 2.42. The highest BCUT2D eigenvalue weighted by molar-refractivity contribution is 5.06. The van der Waals surface area contributed by atoms with E-state index < -0.39 is 0 Å². The number of nitrogens with zero attached hydrogens (tertiary/aromatic N) is 2. The number of hydrogen-bond acceptors (Lipinski definition) is 5. The first-order chi connectivity index (χ1) is 8.70. The standard InChI is InChI=1S/C13H23N3O2/c1-10(6-9-14)4-5-11-15-12(16-18-11)13(17-2)7-3-8-13/h10H,3-9,14H2,1-2H3. The van der Waals surface area contributed by atoms with Crippen LogP contribution >= 0.6 is 0 Å². The Hall–Kier alpha value is -0.940. The maximum absolute atomic E-state index is 5.54. The van der Waals surface area contributed by atoms with Gasteiger partial charge in [-0.25, -0.2) is 0 Å². The van der Waals surface area contributed by atoms with Gasteiger partial charge in [0.1, 0.15) is 5.60 Å². The fourth-order valence-corrected chi connectivity index (χ4v) is 2.36. The van der Waals surface area contributed by atoms with Gasteiger partial charge in [0, 0.05) is 13.5 Å². The molecular weight excluding hydrogens is 230 g/mol. The molecule has 1 aliphatic rings. The second-order valence-electron chi connectivity index (χ2n) is 5.28. The van der Waals surface area contributed by atoms with E-state index in [1.165, 1.54) is 6.42 Å². The van der Waals surface area contributed by atoms with Crippen LogP contribution in [0, 0.1) is 5.92 Å². The maximum Gasteiger partial charge on any atom is 0.226 e. The molecule has 1 saturated carbocycles. The third kappa shape index (κ3) is 2.72. The summed E-state index contributed by atoms with van der Waals surface area (Å²) in [6, 6.07) is 0. The molecule has 0 bridgehead atoms.